The minimum Gasteiger partial charge on any atom is -0.382 e. The van der Waals surface area contributed by atoms with Crippen molar-refractivity contribution < 1.29 is 9.90 Å². The highest BCUT2D eigenvalue weighted by Gasteiger charge is 2.08. The van der Waals surface area contributed by atoms with Crippen LogP contribution in [0.5, 0.6) is 0 Å². The largest absolute Gasteiger partial charge is 0.382 e. The monoisotopic (exact) mass is 197 g/mol. The summed E-state index contributed by atoms with van der Waals surface area (Å²) in [4.78, 5) is 11.4. The molecule has 1 rings (SSSR count). The highest BCUT2D eigenvalue weighted by Crippen LogP contribution is 2.22. The van der Waals surface area contributed by atoms with Crippen LogP contribution in [0.15, 0.2) is 35.2 Å². The van der Waals surface area contributed by atoms with Crippen molar-refractivity contribution in [2.75, 3.05) is 0 Å². The van der Waals surface area contributed by atoms with E-state index < -0.39 is 11.3 Å². The van der Waals surface area contributed by atoms with Gasteiger partial charge in [0.1, 0.15) is 5.44 Å². The van der Waals surface area contributed by atoms with Crippen LogP contribution in [-0.2, 0) is 4.79 Å². The van der Waals surface area contributed by atoms with E-state index in [-0.39, 0.29) is 6.42 Å². The molecule has 0 fully saturated rings. The van der Waals surface area contributed by atoms with Gasteiger partial charge in [-0.2, -0.15) is 0 Å². The van der Waals surface area contributed by atoms with Crippen LogP contribution < -0.4 is 5.73 Å². The van der Waals surface area contributed by atoms with Gasteiger partial charge in [0.25, 0.3) is 0 Å². The number of hydrogen-bond donors (Lipinski definition) is 2. The molecule has 4 heteroatoms. The van der Waals surface area contributed by atoms with Crippen LogP contribution in [0, 0.1) is 0 Å². The predicted octanol–water partition coefficient (Wildman–Crippen LogP) is 0.972. The van der Waals surface area contributed by atoms with Crippen LogP contribution in [-0.4, -0.2) is 16.4 Å². The Bertz CT molecular complexity index is 276. The Kier molecular flexibility index (Phi) is 3.79. The van der Waals surface area contributed by atoms with Crippen molar-refractivity contribution in [3.63, 3.8) is 0 Å². The van der Waals surface area contributed by atoms with Gasteiger partial charge in [0, 0.05) is 4.90 Å². The molecule has 0 aliphatic heterocycles. The van der Waals surface area contributed by atoms with Crippen LogP contribution in [0.3, 0.4) is 0 Å². The summed E-state index contributed by atoms with van der Waals surface area (Å²) in [6, 6.07) is 9.38. The minimum atomic E-state index is -0.750. The van der Waals surface area contributed by atoms with Gasteiger partial charge in [-0.25, -0.2) is 0 Å². The van der Waals surface area contributed by atoms with Crippen LogP contribution in [0.2, 0.25) is 0 Å². The van der Waals surface area contributed by atoms with Gasteiger partial charge in [0.15, 0.2) is 0 Å². The first-order chi connectivity index (χ1) is 6.18. The molecular formula is C9H11NO2S. The molecule has 1 unspecified atom stereocenters. The van der Waals surface area contributed by atoms with Gasteiger partial charge < -0.3 is 10.8 Å². The lowest BCUT2D eigenvalue weighted by molar-refractivity contribution is -0.118. The molecule has 0 heterocycles. The molecule has 1 aromatic carbocycles. The quantitative estimate of drug-likeness (QED) is 0.558. The maximum absolute atomic E-state index is 10.4. The van der Waals surface area contributed by atoms with Gasteiger partial charge >= 0.3 is 0 Å². The first-order valence-electron chi connectivity index (χ1n) is 3.86. The zero-order chi connectivity index (χ0) is 9.68. The molecule has 1 aromatic rings. The average Bonchev–Trinajstić information content (AvgIpc) is 2.04. The number of rotatable bonds is 4. The van der Waals surface area contributed by atoms with E-state index in [1.165, 1.54) is 11.8 Å². The lowest BCUT2D eigenvalue weighted by Gasteiger charge is -2.06. The Balaban J connectivity index is 2.45. The molecule has 0 aromatic heterocycles. The highest BCUT2D eigenvalue weighted by atomic mass is 32.2. The van der Waals surface area contributed by atoms with Gasteiger partial charge in [-0.05, 0) is 12.1 Å². The Hall–Kier alpha value is -1.00. The van der Waals surface area contributed by atoms with E-state index in [1.54, 1.807) is 0 Å². The summed E-state index contributed by atoms with van der Waals surface area (Å²) in [6.45, 7) is 0. The smallest absolute Gasteiger partial charge is 0.220 e. The summed E-state index contributed by atoms with van der Waals surface area (Å²) in [7, 11) is 0. The second-order valence-corrected chi connectivity index (χ2v) is 3.81. The van der Waals surface area contributed by atoms with Crippen molar-refractivity contribution in [3.8, 4) is 0 Å². The number of benzene rings is 1. The van der Waals surface area contributed by atoms with E-state index in [0.717, 1.165) is 4.90 Å². The summed E-state index contributed by atoms with van der Waals surface area (Å²) >= 11 is 1.23. The van der Waals surface area contributed by atoms with Crippen molar-refractivity contribution >= 4 is 17.7 Å². The third-order valence-electron chi connectivity index (χ3n) is 1.39. The van der Waals surface area contributed by atoms with E-state index in [2.05, 4.69) is 0 Å². The zero-order valence-electron chi connectivity index (χ0n) is 7.01. The van der Waals surface area contributed by atoms with Crippen molar-refractivity contribution in [1.29, 1.82) is 0 Å². The van der Waals surface area contributed by atoms with Gasteiger partial charge in [0.2, 0.25) is 5.91 Å². The number of carbonyl (C=O) groups is 1. The Labute approximate surface area is 80.9 Å². The summed E-state index contributed by atoms with van der Waals surface area (Å²) in [5.41, 5.74) is 4.18. The molecule has 0 bridgehead atoms. The molecule has 0 aliphatic carbocycles. The van der Waals surface area contributed by atoms with Crippen LogP contribution in [0.1, 0.15) is 6.42 Å². The molecule has 0 spiro atoms. The van der Waals surface area contributed by atoms with Crippen molar-refractivity contribution in [2.24, 2.45) is 5.73 Å². The van der Waals surface area contributed by atoms with Gasteiger partial charge in [0.05, 0.1) is 6.42 Å². The third kappa shape index (κ3) is 3.96. The number of hydrogen-bond acceptors (Lipinski definition) is 3. The normalized spacial score (nSPS) is 12.4. The Morgan fingerprint density at radius 3 is 2.62 bits per heavy atom. The van der Waals surface area contributed by atoms with E-state index in [9.17, 15) is 9.90 Å². The van der Waals surface area contributed by atoms with E-state index in [0.29, 0.717) is 0 Å². The minimum absolute atomic E-state index is 0.0143. The number of primary amides is 1. The second kappa shape index (κ2) is 4.89. The van der Waals surface area contributed by atoms with Crippen LogP contribution >= 0.6 is 11.8 Å². The van der Waals surface area contributed by atoms with E-state index >= 15 is 0 Å². The molecular weight excluding hydrogens is 186 g/mol. The number of thioether (sulfide) groups is 1. The maximum atomic E-state index is 10.4. The summed E-state index contributed by atoms with van der Waals surface area (Å²) in [5, 5.41) is 9.34. The van der Waals surface area contributed by atoms with Gasteiger partial charge in [-0.1, -0.05) is 30.0 Å². The lowest BCUT2D eigenvalue weighted by atomic mass is 10.4. The second-order valence-electron chi connectivity index (χ2n) is 2.56. The topological polar surface area (TPSA) is 63.3 Å². The summed E-state index contributed by atoms with van der Waals surface area (Å²) < 4.78 is 0. The fourth-order valence-electron chi connectivity index (χ4n) is 0.870. The lowest BCUT2D eigenvalue weighted by Crippen LogP contribution is -2.17. The molecule has 0 radical (unpaired) electrons. The fraction of sp³-hybridized carbons (Fsp3) is 0.222. The standard InChI is InChI=1S/C9H11NO2S/c10-8(11)6-9(12)13-7-4-2-1-3-5-7/h1-5,9,12H,6H2,(H2,10,11). The molecule has 0 aliphatic rings. The molecule has 0 saturated heterocycles. The molecule has 13 heavy (non-hydrogen) atoms. The molecule has 0 saturated carbocycles. The molecule has 1 atom stereocenters. The Morgan fingerprint density at radius 2 is 2.08 bits per heavy atom. The van der Waals surface area contributed by atoms with E-state index in [1.807, 2.05) is 30.3 Å². The number of amides is 1. The highest BCUT2D eigenvalue weighted by molar-refractivity contribution is 7.99. The Morgan fingerprint density at radius 1 is 1.46 bits per heavy atom. The SMILES string of the molecule is NC(=O)CC(O)Sc1ccccc1. The number of carbonyl (C=O) groups excluding carboxylic acids is 1. The van der Waals surface area contributed by atoms with Gasteiger partial charge in [-0.15, -0.1) is 0 Å². The number of aliphatic hydroxyl groups is 1. The van der Waals surface area contributed by atoms with Crippen molar-refractivity contribution in [1.82, 2.24) is 0 Å². The van der Waals surface area contributed by atoms with Crippen LogP contribution in [0.4, 0.5) is 0 Å². The van der Waals surface area contributed by atoms with Crippen molar-refractivity contribution in [2.45, 2.75) is 16.8 Å². The zero-order valence-corrected chi connectivity index (χ0v) is 7.83. The van der Waals surface area contributed by atoms with E-state index in [4.69, 9.17) is 5.73 Å². The number of aliphatic hydroxyl groups excluding tert-OH is 1. The fourth-order valence-corrected chi connectivity index (χ4v) is 1.75. The third-order valence-corrected chi connectivity index (χ3v) is 2.37. The first kappa shape index (κ1) is 10.1. The molecule has 1 amide bonds. The summed E-state index contributed by atoms with van der Waals surface area (Å²) in [6.07, 6.45) is -0.0143. The van der Waals surface area contributed by atoms with Gasteiger partial charge in [-0.3, -0.25) is 4.79 Å². The number of nitrogens with two attached hydrogens (primary N) is 1. The predicted molar refractivity (Wildman–Crippen MR) is 52.1 cm³/mol. The summed E-state index contributed by atoms with van der Waals surface area (Å²) in [5.74, 6) is -0.490. The molecule has 3 N–H and O–H groups in total. The molecule has 70 valence electrons. The van der Waals surface area contributed by atoms with Crippen molar-refractivity contribution in [3.05, 3.63) is 30.3 Å². The first-order valence-corrected chi connectivity index (χ1v) is 4.74. The average molecular weight is 197 g/mol. The molecule has 3 nitrogen and oxygen atoms in total. The maximum Gasteiger partial charge on any atom is 0.220 e. The van der Waals surface area contributed by atoms with Crippen LogP contribution in [0.25, 0.3) is 0 Å².